The van der Waals surface area contributed by atoms with Crippen LogP contribution in [0.5, 0.6) is 0 Å². The number of anilines is 1. The molecular weight excluding hydrogens is 268 g/mol. The number of carboxylic acids is 1. The molecular formula is C16H16N2O3. The van der Waals surface area contributed by atoms with Crippen LogP contribution in [0.3, 0.4) is 0 Å². The van der Waals surface area contributed by atoms with Gasteiger partial charge in [-0.1, -0.05) is 29.8 Å². The summed E-state index contributed by atoms with van der Waals surface area (Å²) < 4.78 is 0. The Morgan fingerprint density at radius 3 is 2.43 bits per heavy atom. The van der Waals surface area contributed by atoms with Gasteiger partial charge in [-0.15, -0.1) is 0 Å². The molecule has 0 bridgehead atoms. The zero-order valence-corrected chi connectivity index (χ0v) is 11.6. The normalized spacial score (nSPS) is 9.95. The van der Waals surface area contributed by atoms with Crippen LogP contribution in [0.15, 0.2) is 48.5 Å². The average Bonchev–Trinajstić information content (AvgIpc) is 2.46. The van der Waals surface area contributed by atoms with Gasteiger partial charge in [0.05, 0.1) is 5.56 Å². The standard InChI is InChI=1S/C16H16N2O3/c1-11-3-2-4-12(9-11)10-17-16(21)18-14-7-5-13(6-8-14)15(19)20/h2-9H,10H2,1H3,(H,19,20)(H2,17,18,21). The van der Waals surface area contributed by atoms with Gasteiger partial charge in [0.15, 0.2) is 0 Å². The van der Waals surface area contributed by atoms with Gasteiger partial charge in [0.1, 0.15) is 0 Å². The zero-order valence-electron chi connectivity index (χ0n) is 11.6. The third-order valence-electron chi connectivity index (χ3n) is 2.93. The van der Waals surface area contributed by atoms with Crippen molar-refractivity contribution in [1.29, 1.82) is 0 Å². The highest BCUT2D eigenvalue weighted by Gasteiger charge is 2.04. The first-order valence-electron chi connectivity index (χ1n) is 6.48. The smallest absolute Gasteiger partial charge is 0.335 e. The van der Waals surface area contributed by atoms with Crippen LogP contribution < -0.4 is 10.6 Å². The fraction of sp³-hybridized carbons (Fsp3) is 0.125. The van der Waals surface area contributed by atoms with Gasteiger partial charge in [0.2, 0.25) is 0 Å². The molecule has 0 aliphatic heterocycles. The third kappa shape index (κ3) is 4.35. The summed E-state index contributed by atoms with van der Waals surface area (Å²) in [5, 5.41) is 14.2. The number of carbonyl (C=O) groups excluding carboxylic acids is 1. The Bertz CT molecular complexity index is 651. The lowest BCUT2D eigenvalue weighted by molar-refractivity contribution is 0.0697. The van der Waals surface area contributed by atoms with Crippen LogP contribution in [0.1, 0.15) is 21.5 Å². The Morgan fingerprint density at radius 2 is 1.81 bits per heavy atom. The Labute approximate surface area is 122 Å². The van der Waals surface area contributed by atoms with Crippen molar-refractivity contribution in [3.63, 3.8) is 0 Å². The van der Waals surface area contributed by atoms with E-state index in [1.54, 1.807) is 12.1 Å². The molecule has 3 N–H and O–H groups in total. The van der Waals surface area contributed by atoms with Crippen molar-refractivity contribution >= 4 is 17.7 Å². The Morgan fingerprint density at radius 1 is 1.10 bits per heavy atom. The van der Waals surface area contributed by atoms with Crippen molar-refractivity contribution < 1.29 is 14.7 Å². The van der Waals surface area contributed by atoms with Gasteiger partial charge in [0.25, 0.3) is 0 Å². The monoisotopic (exact) mass is 284 g/mol. The predicted octanol–water partition coefficient (Wildman–Crippen LogP) is 3.01. The third-order valence-corrected chi connectivity index (χ3v) is 2.93. The van der Waals surface area contributed by atoms with Crippen LogP contribution in [-0.4, -0.2) is 17.1 Å². The molecule has 21 heavy (non-hydrogen) atoms. The predicted molar refractivity (Wildman–Crippen MR) is 80.4 cm³/mol. The molecule has 0 aromatic heterocycles. The van der Waals surface area contributed by atoms with Gasteiger partial charge in [-0.25, -0.2) is 9.59 Å². The van der Waals surface area contributed by atoms with E-state index < -0.39 is 5.97 Å². The van der Waals surface area contributed by atoms with E-state index >= 15 is 0 Å². The van der Waals surface area contributed by atoms with Crippen molar-refractivity contribution in [1.82, 2.24) is 5.32 Å². The first kappa shape index (κ1) is 14.6. The van der Waals surface area contributed by atoms with Crippen molar-refractivity contribution in [2.24, 2.45) is 0 Å². The first-order chi connectivity index (χ1) is 10.0. The van der Waals surface area contributed by atoms with Crippen LogP contribution in [0.2, 0.25) is 0 Å². The van der Waals surface area contributed by atoms with Crippen LogP contribution in [-0.2, 0) is 6.54 Å². The first-order valence-corrected chi connectivity index (χ1v) is 6.48. The molecule has 0 unspecified atom stereocenters. The fourth-order valence-corrected chi connectivity index (χ4v) is 1.88. The summed E-state index contributed by atoms with van der Waals surface area (Å²) in [4.78, 5) is 22.5. The molecule has 0 spiro atoms. The minimum atomic E-state index is -0.995. The van der Waals surface area contributed by atoms with E-state index in [4.69, 9.17) is 5.11 Å². The van der Waals surface area contributed by atoms with Gasteiger partial charge in [-0.2, -0.15) is 0 Å². The maximum atomic E-state index is 11.8. The number of nitrogens with one attached hydrogen (secondary N) is 2. The van der Waals surface area contributed by atoms with E-state index in [1.165, 1.54) is 12.1 Å². The van der Waals surface area contributed by atoms with E-state index in [2.05, 4.69) is 10.6 Å². The zero-order chi connectivity index (χ0) is 15.2. The lowest BCUT2D eigenvalue weighted by atomic mass is 10.1. The quantitative estimate of drug-likeness (QED) is 0.807. The van der Waals surface area contributed by atoms with Gasteiger partial charge in [0, 0.05) is 12.2 Å². The van der Waals surface area contributed by atoms with E-state index in [9.17, 15) is 9.59 Å². The molecule has 0 radical (unpaired) electrons. The number of amides is 2. The van der Waals surface area contributed by atoms with Gasteiger partial charge in [-0.05, 0) is 36.8 Å². The van der Waals surface area contributed by atoms with Gasteiger partial charge < -0.3 is 15.7 Å². The maximum absolute atomic E-state index is 11.8. The molecule has 5 heteroatoms. The molecule has 0 aliphatic rings. The number of benzene rings is 2. The lowest BCUT2D eigenvalue weighted by Gasteiger charge is -2.08. The highest BCUT2D eigenvalue weighted by molar-refractivity contribution is 5.91. The van der Waals surface area contributed by atoms with Crippen LogP contribution in [0, 0.1) is 6.92 Å². The summed E-state index contributed by atoms with van der Waals surface area (Å²) in [6.45, 7) is 2.42. The second kappa shape index (κ2) is 6.56. The molecule has 5 nitrogen and oxygen atoms in total. The molecule has 2 amide bonds. The summed E-state index contributed by atoms with van der Waals surface area (Å²) in [5.74, 6) is -0.995. The number of carbonyl (C=O) groups is 2. The fourth-order valence-electron chi connectivity index (χ4n) is 1.88. The molecule has 0 aliphatic carbocycles. The summed E-state index contributed by atoms with van der Waals surface area (Å²) in [6.07, 6.45) is 0. The van der Waals surface area contributed by atoms with Gasteiger partial charge in [-0.3, -0.25) is 0 Å². The minimum Gasteiger partial charge on any atom is -0.478 e. The second-order valence-corrected chi connectivity index (χ2v) is 4.68. The number of rotatable bonds is 4. The van der Waals surface area contributed by atoms with E-state index in [-0.39, 0.29) is 11.6 Å². The van der Waals surface area contributed by atoms with Crippen LogP contribution in [0.4, 0.5) is 10.5 Å². The largest absolute Gasteiger partial charge is 0.478 e. The maximum Gasteiger partial charge on any atom is 0.335 e. The van der Waals surface area contributed by atoms with E-state index in [1.807, 2.05) is 31.2 Å². The van der Waals surface area contributed by atoms with Crippen LogP contribution >= 0.6 is 0 Å². The lowest BCUT2D eigenvalue weighted by Crippen LogP contribution is -2.28. The Balaban J connectivity index is 1.88. The Kier molecular flexibility index (Phi) is 4.56. The highest BCUT2D eigenvalue weighted by atomic mass is 16.4. The number of aromatic carboxylic acids is 1. The second-order valence-electron chi connectivity index (χ2n) is 4.68. The molecule has 108 valence electrons. The number of urea groups is 1. The topological polar surface area (TPSA) is 78.4 Å². The van der Waals surface area contributed by atoms with Crippen molar-refractivity contribution in [3.8, 4) is 0 Å². The Hall–Kier alpha value is -2.82. The van der Waals surface area contributed by atoms with Gasteiger partial charge >= 0.3 is 12.0 Å². The highest BCUT2D eigenvalue weighted by Crippen LogP contribution is 2.09. The SMILES string of the molecule is Cc1cccc(CNC(=O)Nc2ccc(C(=O)O)cc2)c1. The van der Waals surface area contributed by atoms with Crippen molar-refractivity contribution in [3.05, 3.63) is 65.2 Å². The van der Waals surface area contributed by atoms with Crippen molar-refractivity contribution in [2.75, 3.05) is 5.32 Å². The number of hydrogen-bond donors (Lipinski definition) is 3. The van der Waals surface area contributed by atoms with Crippen molar-refractivity contribution in [2.45, 2.75) is 13.5 Å². The molecule has 2 aromatic carbocycles. The summed E-state index contributed by atoms with van der Waals surface area (Å²) in [7, 11) is 0. The number of aryl methyl sites for hydroxylation is 1. The molecule has 0 heterocycles. The average molecular weight is 284 g/mol. The minimum absolute atomic E-state index is 0.181. The molecule has 0 atom stereocenters. The molecule has 0 saturated carbocycles. The summed E-state index contributed by atoms with van der Waals surface area (Å²) >= 11 is 0. The molecule has 2 rings (SSSR count). The summed E-state index contributed by atoms with van der Waals surface area (Å²) in [6, 6.07) is 13.5. The van der Waals surface area contributed by atoms with Crippen LogP contribution in [0.25, 0.3) is 0 Å². The molecule has 2 aromatic rings. The van der Waals surface area contributed by atoms with E-state index in [0.717, 1.165) is 11.1 Å². The summed E-state index contributed by atoms with van der Waals surface area (Å²) in [5.41, 5.74) is 2.88. The molecule has 0 saturated heterocycles. The van der Waals surface area contributed by atoms with E-state index in [0.29, 0.717) is 12.2 Å². The number of carboxylic acid groups (broad SMARTS) is 1. The molecule has 0 fully saturated rings. The number of hydrogen-bond acceptors (Lipinski definition) is 2.